The zero-order valence-corrected chi connectivity index (χ0v) is 14.9. The Morgan fingerprint density at radius 3 is 2.64 bits per heavy atom. The van der Waals surface area contributed by atoms with Gasteiger partial charge in [0.2, 0.25) is 0 Å². The van der Waals surface area contributed by atoms with Crippen molar-refractivity contribution in [3.05, 3.63) is 102 Å². The van der Waals surface area contributed by atoms with E-state index >= 15 is 0 Å². The summed E-state index contributed by atoms with van der Waals surface area (Å²) in [5.41, 5.74) is 5.40. The first kappa shape index (κ1) is 17.6. The van der Waals surface area contributed by atoms with Crippen LogP contribution in [0.3, 0.4) is 0 Å². The first-order valence-corrected chi connectivity index (χ1v) is 8.77. The SMILES string of the molecule is O=C(N/N=C\c1cn(Cc2ccccc2F)c2ccccc12)c1ccncc1. The highest BCUT2D eigenvalue weighted by Gasteiger charge is 2.09. The fourth-order valence-electron chi connectivity index (χ4n) is 3.05. The molecule has 0 saturated carbocycles. The summed E-state index contributed by atoms with van der Waals surface area (Å²) in [4.78, 5) is 16.0. The summed E-state index contributed by atoms with van der Waals surface area (Å²) in [5, 5.41) is 5.05. The van der Waals surface area contributed by atoms with Crippen LogP contribution < -0.4 is 5.43 Å². The standard InChI is InChI=1S/C22H17FN4O/c23-20-7-3-1-5-17(20)14-27-15-18(19-6-2-4-8-21(19)27)13-25-26-22(28)16-9-11-24-12-10-16/h1-13,15H,14H2,(H,26,28)/b25-13-. The molecule has 0 aliphatic heterocycles. The number of pyridine rings is 1. The Morgan fingerprint density at radius 1 is 1.07 bits per heavy atom. The third-order valence-electron chi connectivity index (χ3n) is 4.43. The smallest absolute Gasteiger partial charge is 0.271 e. The second-order valence-electron chi connectivity index (χ2n) is 6.26. The van der Waals surface area contributed by atoms with Gasteiger partial charge in [-0.2, -0.15) is 5.10 Å². The Bertz CT molecular complexity index is 1150. The van der Waals surface area contributed by atoms with E-state index < -0.39 is 0 Å². The van der Waals surface area contributed by atoms with Crippen LogP contribution in [0.1, 0.15) is 21.5 Å². The molecule has 0 fully saturated rings. The average molecular weight is 372 g/mol. The quantitative estimate of drug-likeness (QED) is 0.425. The van der Waals surface area contributed by atoms with Gasteiger partial charge in [-0.25, -0.2) is 9.82 Å². The molecule has 4 rings (SSSR count). The predicted octanol–water partition coefficient (Wildman–Crippen LogP) is 3.99. The number of benzene rings is 2. The average Bonchev–Trinajstić information content (AvgIpc) is 3.08. The molecule has 0 saturated heterocycles. The first-order chi connectivity index (χ1) is 13.7. The number of hydrogen-bond acceptors (Lipinski definition) is 3. The van der Waals surface area contributed by atoms with E-state index in [0.29, 0.717) is 17.7 Å². The molecule has 2 aromatic heterocycles. The Morgan fingerprint density at radius 2 is 1.82 bits per heavy atom. The van der Waals surface area contributed by atoms with Crippen molar-refractivity contribution in [2.45, 2.75) is 6.54 Å². The highest BCUT2D eigenvalue weighted by molar-refractivity contribution is 6.00. The maximum atomic E-state index is 14.0. The van der Waals surface area contributed by atoms with Crippen molar-refractivity contribution >= 4 is 23.0 Å². The van der Waals surface area contributed by atoms with E-state index in [1.54, 1.807) is 42.9 Å². The number of aromatic nitrogens is 2. The van der Waals surface area contributed by atoms with Crippen molar-refractivity contribution in [3.63, 3.8) is 0 Å². The topological polar surface area (TPSA) is 59.3 Å². The summed E-state index contributed by atoms with van der Waals surface area (Å²) in [7, 11) is 0. The zero-order chi connectivity index (χ0) is 19.3. The maximum Gasteiger partial charge on any atom is 0.271 e. The molecule has 0 bridgehead atoms. The molecule has 1 N–H and O–H groups in total. The van der Waals surface area contributed by atoms with Crippen LogP contribution in [-0.2, 0) is 6.54 Å². The van der Waals surface area contributed by atoms with Gasteiger partial charge in [0.25, 0.3) is 5.91 Å². The molecular formula is C22H17FN4O. The second kappa shape index (κ2) is 7.84. The van der Waals surface area contributed by atoms with Crippen LogP contribution in [0.2, 0.25) is 0 Å². The monoisotopic (exact) mass is 372 g/mol. The van der Waals surface area contributed by atoms with E-state index in [4.69, 9.17) is 0 Å². The maximum absolute atomic E-state index is 14.0. The number of hydrazone groups is 1. The summed E-state index contributed by atoms with van der Waals surface area (Å²) in [6, 6.07) is 17.8. The van der Waals surface area contributed by atoms with Crippen LogP contribution in [0.5, 0.6) is 0 Å². The third-order valence-corrected chi connectivity index (χ3v) is 4.43. The molecular weight excluding hydrogens is 355 g/mol. The number of halogens is 1. The summed E-state index contributed by atoms with van der Waals surface area (Å²) in [6.07, 6.45) is 6.60. The highest BCUT2D eigenvalue weighted by atomic mass is 19.1. The number of rotatable bonds is 5. The number of amides is 1. The van der Waals surface area contributed by atoms with Gasteiger partial charge in [-0.1, -0.05) is 36.4 Å². The summed E-state index contributed by atoms with van der Waals surface area (Å²) in [5.74, 6) is -0.547. The predicted molar refractivity (Wildman–Crippen MR) is 107 cm³/mol. The lowest BCUT2D eigenvalue weighted by Crippen LogP contribution is -2.17. The summed E-state index contributed by atoms with van der Waals surface area (Å²) in [6.45, 7) is 0.407. The molecule has 2 aromatic carbocycles. The summed E-state index contributed by atoms with van der Waals surface area (Å²) < 4.78 is 16.0. The van der Waals surface area contributed by atoms with E-state index in [0.717, 1.165) is 16.5 Å². The molecule has 0 aliphatic rings. The molecule has 138 valence electrons. The van der Waals surface area contributed by atoms with E-state index in [2.05, 4.69) is 15.5 Å². The van der Waals surface area contributed by atoms with Gasteiger partial charge in [-0.05, 0) is 24.3 Å². The Labute approximate surface area is 161 Å². The van der Waals surface area contributed by atoms with E-state index in [9.17, 15) is 9.18 Å². The largest absolute Gasteiger partial charge is 0.342 e. The number of para-hydroxylation sites is 1. The second-order valence-corrected chi connectivity index (χ2v) is 6.26. The minimum atomic E-state index is -0.311. The van der Waals surface area contributed by atoms with Crippen molar-refractivity contribution in [1.29, 1.82) is 0 Å². The Kier molecular flexibility index (Phi) is 4.93. The van der Waals surface area contributed by atoms with Crippen LogP contribution in [0.15, 0.2) is 84.4 Å². The number of fused-ring (bicyclic) bond motifs is 1. The number of hydrogen-bond donors (Lipinski definition) is 1. The zero-order valence-electron chi connectivity index (χ0n) is 14.9. The number of carbonyl (C=O) groups excluding carboxylic acids is 1. The molecule has 0 aliphatic carbocycles. The van der Waals surface area contributed by atoms with Crippen LogP contribution in [0.25, 0.3) is 10.9 Å². The Balaban J connectivity index is 1.59. The molecule has 6 heteroatoms. The van der Waals surface area contributed by atoms with Crippen LogP contribution in [-0.4, -0.2) is 21.7 Å². The molecule has 0 spiro atoms. The molecule has 5 nitrogen and oxygen atoms in total. The van der Waals surface area contributed by atoms with Crippen molar-refractivity contribution < 1.29 is 9.18 Å². The lowest BCUT2D eigenvalue weighted by Gasteiger charge is -2.06. The van der Waals surface area contributed by atoms with Gasteiger partial charge >= 0.3 is 0 Å². The van der Waals surface area contributed by atoms with Gasteiger partial charge < -0.3 is 4.57 Å². The van der Waals surface area contributed by atoms with Crippen LogP contribution >= 0.6 is 0 Å². The lowest BCUT2D eigenvalue weighted by molar-refractivity contribution is 0.0955. The van der Waals surface area contributed by atoms with Gasteiger partial charge in [-0.3, -0.25) is 9.78 Å². The van der Waals surface area contributed by atoms with E-state index in [1.807, 2.05) is 41.1 Å². The van der Waals surface area contributed by atoms with Crippen molar-refractivity contribution in [3.8, 4) is 0 Å². The normalized spacial score (nSPS) is 11.2. The van der Waals surface area contributed by atoms with Gasteiger partial charge in [0.05, 0.1) is 12.8 Å². The van der Waals surface area contributed by atoms with Gasteiger partial charge in [-0.15, -0.1) is 0 Å². The first-order valence-electron chi connectivity index (χ1n) is 8.77. The molecule has 2 heterocycles. The van der Waals surface area contributed by atoms with Gasteiger partial charge in [0.15, 0.2) is 0 Å². The lowest BCUT2D eigenvalue weighted by atomic mass is 10.2. The number of carbonyl (C=O) groups is 1. The minimum Gasteiger partial charge on any atom is -0.342 e. The fraction of sp³-hybridized carbons (Fsp3) is 0.0455. The molecule has 4 aromatic rings. The van der Waals surface area contributed by atoms with Crippen molar-refractivity contribution in [1.82, 2.24) is 15.0 Å². The number of nitrogens with one attached hydrogen (secondary N) is 1. The number of nitrogens with zero attached hydrogens (tertiary/aromatic N) is 3. The summed E-state index contributed by atoms with van der Waals surface area (Å²) >= 11 is 0. The third kappa shape index (κ3) is 3.66. The van der Waals surface area contributed by atoms with Gasteiger partial charge in [0.1, 0.15) is 5.82 Å². The van der Waals surface area contributed by atoms with Gasteiger partial charge in [0, 0.05) is 46.2 Å². The molecule has 0 atom stereocenters. The molecule has 28 heavy (non-hydrogen) atoms. The van der Waals surface area contributed by atoms with E-state index in [1.165, 1.54) is 6.07 Å². The minimum absolute atomic E-state index is 0.236. The van der Waals surface area contributed by atoms with Crippen molar-refractivity contribution in [2.24, 2.45) is 5.10 Å². The fourth-order valence-corrected chi connectivity index (χ4v) is 3.05. The Hall–Kier alpha value is -3.80. The van der Waals surface area contributed by atoms with Crippen LogP contribution in [0.4, 0.5) is 4.39 Å². The molecule has 0 radical (unpaired) electrons. The van der Waals surface area contributed by atoms with E-state index in [-0.39, 0.29) is 11.7 Å². The van der Waals surface area contributed by atoms with Crippen LogP contribution in [0, 0.1) is 5.82 Å². The highest BCUT2D eigenvalue weighted by Crippen LogP contribution is 2.22. The van der Waals surface area contributed by atoms with Crippen molar-refractivity contribution in [2.75, 3.05) is 0 Å². The molecule has 1 amide bonds. The molecule has 0 unspecified atom stereocenters.